The number of nitrogens with zero attached hydrogens (tertiary/aromatic N) is 1. The number of primary amides is 1. The van der Waals surface area contributed by atoms with E-state index in [0.717, 1.165) is 6.54 Å². The summed E-state index contributed by atoms with van der Waals surface area (Å²) in [7, 11) is 0. The minimum atomic E-state index is -0.580. The van der Waals surface area contributed by atoms with E-state index >= 15 is 0 Å². The molecule has 5 N–H and O–H groups in total. The van der Waals surface area contributed by atoms with Gasteiger partial charge in [0.15, 0.2) is 0 Å². The lowest BCUT2D eigenvalue weighted by Gasteiger charge is -2.29. The van der Waals surface area contributed by atoms with Gasteiger partial charge >= 0.3 is 0 Å². The first kappa shape index (κ1) is 13.4. The van der Waals surface area contributed by atoms with Crippen LogP contribution in [0.3, 0.4) is 0 Å². The topological polar surface area (TPSA) is 84.4 Å². The van der Waals surface area contributed by atoms with Gasteiger partial charge in [0.25, 0.3) is 0 Å². The molecule has 1 aliphatic rings. The summed E-state index contributed by atoms with van der Waals surface area (Å²) in [6.07, 6.45) is 3.95. The first-order chi connectivity index (χ1) is 7.59. The summed E-state index contributed by atoms with van der Waals surface area (Å²) in [4.78, 5) is 13.2. The van der Waals surface area contributed by atoms with E-state index in [1.807, 2.05) is 0 Å². The number of carbonyl (C=O) groups is 1. The first-order valence-corrected chi connectivity index (χ1v) is 6.10. The average Bonchev–Trinajstić information content (AvgIpc) is 2.27. The molecular weight excluding hydrogens is 204 g/mol. The Balaban J connectivity index is 2.14. The summed E-state index contributed by atoms with van der Waals surface area (Å²) in [5, 5.41) is 3.24. The molecule has 2 unspecified atom stereocenters. The monoisotopic (exact) mass is 228 g/mol. The van der Waals surface area contributed by atoms with Crippen molar-refractivity contribution in [1.29, 1.82) is 0 Å². The van der Waals surface area contributed by atoms with E-state index in [-0.39, 0.29) is 0 Å². The van der Waals surface area contributed by atoms with Gasteiger partial charge in [-0.05, 0) is 32.9 Å². The highest BCUT2D eigenvalue weighted by atomic mass is 16.1. The zero-order chi connectivity index (χ0) is 12.0. The Bertz CT molecular complexity index is 216. The van der Waals surface area contributed by atoms with Crippen molar-refractivity contribution in [1.82, 2.24) is 10.2 Å². The van der Waals surface area contributed by atoms with Gasteiger partial charge in [0.05, 0.1) is 6.04 Å². The molecular formula is C11H24N4O. The van der Waals surface area contributed by atoms with E-state index in [4.69, 9.17) is 11.5 Å². The fourth-order valence-corrected chi connectivity index (χ4v) is 2.02. The van der Waals surface area contributed by atoms with Gasteiger partial charge in [0.1, 0.15) is 0 Å². The molecule has 1 heterocycles. The fourth-order valence-electron chi connectivity index (χ4n) is 2.02. The highest BCUT2D eigenvalue weighted by molar-refractivity contribution is 5.79. The van der Waals surface area contributed by atoms with E-state index in [1.165, 1.54) is 32.4 Å². The van der Waals surface area contributed by atoms with Crippen LogP contribution in [0.25, 0.3) is 0 Å². The number of likely N-dealkylation sites (tertiary alicyclic amines) is 1. The molecule has 0 aliphatic carbocycles. The molecule has 1 aliphatic heterocycles. The molecule has 0 spiro atoms. The van der Waals surface area contributed by atoms with Crippen molar-refractivity contribution in [3.63, 3.8) is 0 Å². The number of piperidine rings is 1. The molecule has 0 aromatic carbocycles. The lowest BCUT2D eigenvalue weighted by molar-refractivity contribution is -0.119. The fraction of sp³-hybridized carbons (Fsp3) is 0.909. The number of nitrogens with two attached hydrogens (primary N) is 2. The summed E-state index contributed by atoms with van der Waals surface area (Å²) in [6, 6.07) is -0.229. The second-order valence-corrected chi connectivity index (χ2v) is 4.68. The molecule has 2 atom stereocenters. The molecule has 16 heavy (non-hydrogen) atoms. The molecule has 1 fully saturated rings. The third-order valence-electron chi connectivity index (χ3n) is 3.03. The van der Waals surface area contributed by atoms with Crippen LogP contribution in [0.4, 0.5) is 0 Å². The largest absolute Gasteiger partial charge is 0.368 e. The number of hydrogen-bond acceptors (Lipinski definition) is 4. The minimum absolute atomic E-state index is 0.350. The summed E-state index contributed by atoms with van der Waals surface area (Å²) < 4.78 is 0. The zero-order valence-corrected chi connectivity index (χ0v) is 10.1. The van der Waals surface area contributed by atoms with Crippen molar-refractivity contribution < 1.29 is 4.79 Å². The number of amides is 1. The molecule has 1 amide bonds. The number of nitrogens with one attached hydrogen (secondary N) is 1. The van der Waals surface area contributed by atoms with Crippen LogP contribution in [0.15, 0.2) is 0 Å². The van der Waals surface area contributed by atoms with Crippen LogP contribution in [0.5, 0.6) is 0 Å². The van der Waals surface area contributed by atoms with Crippen molar-refractivity contribution in [2.24, 2.45) is 11.5 Å². The molecule has 1 rings (SSSR count). The van der Waals surface area contributed by atoms with Crippen LogP contribution in [0, 0.1) is 0 Å². The highest BCUT2D eigenvalue weighted by Crippen LogP contribution is 2.08. The van der Waals surface area contributed by atoms with Gasteiger partial charge in [-0.2, -0.15) is 0 Å². The third-order valence-corrected chi connectivity index (χ3v) is 3.03. The first-order valence-electron chi connectivity index (χ1n) is 6.10. The molecule has 0 aromatic rings. The molecule has 5 nitrogen and oxygen atoms in total. The zero-order valence-electron chi connectivity index (χ0n) is 10.1. The maximum absolute atomic E-state index is 10.7. The van der Waals surface area contributed by atoms with Crippen LogP contribution >= 0.6 is 0 Å². The summed E-state index contributed by atoms with van der Waals surface area (Å²) in [5.41, 5.74) is 10.6. The lowest BCUT2D eigenvalue weighted by atomic mass is 10.1. The summed E-state index contributed by atoms with van der Waals surface area (Å²) in [6.45, 7) is 5.97. The van der Waals surface area contributed by atoms with Crippen molar-refractivity contribution in [3.05, 3.63) is 0 Å². The van der Waals surface area contributed by atoms with Crippen LogP contribution in [0.2, 0.25) is 0 Å². The molecule has 1 saturated heterocycles. The maximum Gasteiger partial charge on any atom is 0.235 e. The highest BCUT2D eigenvalue weighted by Gasteiger charge is 2.15. The Morgan fingerprint density at radius 3 is 2.56 bits per heavy atom. The van der Waals surface area contributed by atoms with Crippen molar-refractivity contribution in [3.8, 4) is 0 Å². The van der Waals surface area contributed by atoms with Crippen LogP contribution in [-0.2, 0) is 4.79 Å². The maximum atomic E-state index is 10.7. The quantitative estimate of drug-likeness (QED) is 0.559. The standard InChI is InChI=1S/C11H24N4O/c1-9(14-7-10(12)11(13)16)8-15-5-3-2-4-6-15/h9-10,14H,2-8,12H2,1H3,(H2,13,16). The number of carbonyl (C=O) groups excluding carboxylic acids is 1. The molecule has 0 saturated carbocycles. The van der Waals surface area contributed by atoms with Gasteiger partial charge in [-0.1, -0.05) is 6.42 Å². The van der Waals surface area contributed by atoms with Crippen LogP contribution in [0.1, 0.15) is 26.2 Å². The minimum Gasteiger partial charge on any atom is -0.368 e. The van der Waals surface area contributed by atoms with E-state index in [0.29, 0.717) is 12.6 Å². The smallest absolute Gasteiger partial charge is 0.235 e. The number of hydrogen-bond donors (Lipinski definition) is 3. The van der Waals surface area contributed by atoms with E-state index in [2.05, 4.69) is 17.1 Å². The Labute approximate surface area is 97.5 Å². The second kappa shape index (κ2) is 6.83. The molecule has 94 valence electrons. The predicted molar refractivity (Wildman–Crippen MR) is 64.9 cm³/mol. The Hall–Kier alpha value is -0.650. The normalized spacial score (nSPS) is 21.6. The van der Waals surface area contributed by atoms with E-state index in [9.17, 15) is 4.79 Å². The van der Waals surface area contributed by atoms with E-state index in [1.54, 1.807) is 0 Å². The van der Waals surface area contributed by atoms with Gasteiger partial charge in [-0.3, -0.25) is 4.79 Å². The molecule has 5 heteroatoms. The third kappa shape index (κ3) is 4.92. The second-order valence-electron chi connectivity index (χ2n) is 4.68. The van der Waals surface area contributed by atoms with Gasteiger partial charge in [-0.25, -0.2) is 0 Å². The average molecular weight is 228 g/mol. The van der Waals surface area contributed by atoms with Crippen molar-refractivity contribution in [2.45, 2.75) is 38.3 Å². The van der Waals surface area contributed by atoms with Crippen LogP contribution < -0.4 is 16.8 Å². The lowest BCUT2D eigenvalue weighted by Crippen LogP contribution is -2.49. The summed E-state index contributed by atoms with van der Waals surface area (Å²) in [5.74, 6) is -0.447. The van der Waals surface area contributed by atoms with Gasteiger partial charge in [-0.15, -0.1) is 0 Å². The van der Waals surface area contributed by atoms with Gasteiger partial charge in [0.2, 0.25) is 5.91 Å². The Morgan fingerprint density at radius 1 is 1.38 bits per heavy atom. The Kier molecular flexibility index (Phi) is 5.73. The van der Waals surface area contributed by atoms with Gasteiger partial charge in [0, 0.05) is 19.1 Å². The SMILES string of the molecule is CC(CN1CCCCC1)NCC(N)C(N)=O. The van der Waals surface area contributed by atoms with Crippen molar-refractivity contribution in [2.75, 3.05) is 26.2 Å². The molecule has 0 aromatic heterocycles. The van der Waals surface area contributed by atoms with E-state index < -0.39 is 11.9 Å². The van der Waals surface area contributed by atoms with Gasteiger partial charge < -0.3 is 21.7 Å². The molecule has 0 bridgehead atoms. The van der Waals surface area contributed by atoms with Crippen molar-refractivity contribution >= 4 is 5.91 Å². The Morgan fingerprint density at radius 2 is 2.00 bits per heavy atom. The number of rotatable bonds is 6. The predicted octanol–water partition coefficient (Wildman–Crippen LogP) is -0.737. The summed E-state index contributed by atoms with van der Waals surface area (Å²) >= 11 is 0. The van der Waals surface area contributed by atoms with Crippen LogP contribution in [-0.4, -0.2) is 49.1 Å². The molecule has 0 radical (unpaired) electrons.